The van der Waals surface area contributed by atoms with Gasteiger partial charge in [0.2, 0.25) is 0 Å². The first-order valence-electron chi connectivity index (χ1n) is 9.25. The van der Waals surface area contributed by atoms with E-state index in [0.717, 1.165) is 29.8 Å². The monoisotopic (exact) mass is 350 g/mol. The van der Waals surface area contributed by atoms with E-state index in [2.05, 4.69) is 26.7 Å². The minimum Gasteiger partial charge on any atom is -0.368 e. The van der Waals surface area contributed by atoms with Gasteiger partial charge in [0.15, 0.2) is 0 Å². The topological polar surface area (TPSA) is 66.9 Å². The first-order chi connectivity index (χ1) is 12.6. The summed E-state index contributed by atoms with van der Waals surface area (Å²) < 4.78 is 0. The Labute approximate surface area is 155 Å². The van der Waals surface area contributed by atoms with Crippen LogP contribution < -0.4 is 10.6 Å². The molecular weight excluding hydrogens is 324 g/mol. The highest BCUT2D eigenvalue weighted by molar-refractivity contribution is 6.03. The molecule has 0 aliphatic heterocycles. The summed E-state index contributed by atoms with van der Waals surface area (Å²) in [6.45, 7) is 4.79. The molecule has 1 heterocycles. The lowest BCUT2D eigenvalue weighted by atomic mass is 9.97. The standard InChI is InChI=1S/C21H26N4O/c1-15-7-6-8-16(2)20(15)25-21(26)18-13-24-19(14-23-18)22-12-11-17-9-4-3-5-10-17/h6-9,13-14H,3-5,10-12H2,1-2H3,(H,22,24)(H,25,26). The number of aryl methyl sites for hydroxylation is 2. The second-order valence-electron chi connectivity index (χ2n) is 6.79. The lowest BCUT2D eigenvalue weighted by Gasteiger charge is -2.13. The van der Waals surface area contributed by atoms with Crippen LogP contribution in [-0.4, -0.2) is 22.4 Å². The van der Waals surface area contributed by atoms with Crippen molar-refractivity contribution in [1.82, 2.24) is 9.97 Å². The Bertz CT molecular complexity index is 776. The summed E-state index contributed by atoms with van der Waals surface area (Å²) in [6.07, 6.45) is 11.6. The van der Waals surface area contributed by atoms with E-state index in [1.165, 1.54) is 37.5 Å². The van der Waals surface area contributed by atoms with Crippen molar-refractivity contribution in [1.29, 1.82) is 0 Å². The van der Waals surface area contributed by atoms with Crippen LogP contribution in [-0.2, 0) is 0 Å². The molecule has 0 bridgehead atoms. The van der Waals surface area contributed by atoms with E-state index in [0.29, 0.717) is 11.5 Å². The number of nitrogens with zero attached hydrogens (tertiary/aromatic N) is 2. The Morgan fingerprint density at radius 2 is 1.92 bits per heavy atom. The number of para-hydroxylation sites is 1. The fraction of sp³-hybridized carbons (Fsp3) is 0.381. The van der Waals surface area contributed by atoms with Gasteiger partial charge in [-0.05, 0) is 57.1 Å². The quantitative estimate of drug-likeness (QED) is 0.744. The van der Waals surface area contributed by atoms with Crippen LogP contribution in [0.2, 0.25) is 0 Å². The molecule has 1 aliphatic carbocycles. The molecule has 5 heteroatoms. The van der Waals surface area contributed by atoms with Crippen molar-refractivity contribution < 1.29 is 4.79 Å². The lowest BCUT2D eigenvalue weighted by Crippen LogP contribution is -2.16. The van der Waals surface area contributed by atoms with Crippen LogP contribution >= 0.6 is 0 Å². The molecule has 1 aliphatic rings. The van der Waals surface area contributed by atoms with Gasteiger partial charge in [0, 0.05) is 12.2 Å². The number of carbonyl (C=O) groups is 1. The van der Waals surface area contributed by atoms with E-state index >= 15 is 0 Å². The van der Waals surface area contributed by atoms with Gasteiger partial charge in [0.05, 0.1) is 12.4 Å². The zero-order valence-electron chi connectivity index (χ0n) is 15.5. The summed E-state index contributed by atoms with van der Waals surface area (Å²) in [6, 6.07) is 5.93. The van der Waals surface area contributed by atoms with Gasteiger partial charge in [-0.2, -0.15) is 0 Å². The molecule has 2 aromatic rings. The third-order valence-corrected chi connectivity index (χ3v) is 4.74. The van der Waals surface area contributed by atoms with Gasteiger partial charge in [-0.3, -0.25) is 4.79 Å². The highest BCUT2D eigenvalue weighted by Crippen LogP contribution is 2.21. The third kappa shape index (κ3) is 4.69. The van der Waals surface area contributed by atoms with E-state index in [1.807, 2.05) is 32.0 Å². The fourth-order valence-corrected chi connectivity index (χ4v) is 3.21. The average Bonchev–Trinajstić information content (AvgIpc) is 2.66. The number of benzene rings is 1. The number of hydrogen-bond donors (Lipinski definition) is 2. The molecule has 0 radical (unpaired) electrons. The van der Waals surface area contributed by atoms with Crippen LogP contribution in [0.25, 0.3) is 0 Å². The number of hydrogen-bond acceptors (Lipinski definition) is 4. The average molecular weight is 350 g/mol. The molecule has 0 spiro atoms. The molecule has 1 amide bonds. The van der Waals surface area contributed by atoms with Crippen LogP contribution in [0.4, 0.5) is 11.5 Å². The number of anilines is 2. The molecule has 0 saturated carbocycles. The van der Waals surface area contributed by atoms with Crippen molar-refractivity contribution in [2.24, 2.45) is 0 Å². The van der Waals surface area contributed by atoms with Gasteiger partial charge in [0.25, 0.3) is 5.91 Å². The predicted octanol–water partition coefficient (Wildman–Crippen LogP) is 4.65. The van der Waals surface area contributed by atoms with Gasteiger partial charge < -0.3 is 10.6 Å². The van der Waals surface area contributed by atoms with Crippen LogP contribution in [0.5, 0.6) is 0 Å². The molecule has 3 rings (SSSR count). The largest absolute Gasteiger partial charge is 0.368 e. The van der Waals surface area contributed by atoms with Crippen molar-refractivity contribution >= 4 is 17.4 Å². The first-order valence-corrected chi connectivity index (χ1v) is 9.25. The second-order valence-corrected chi connectivity index (χ2v) is 6.79. The summed E-state index contributed by atoms with van der Waals surface area (Å²) in [4.78, 5) is 21.0. The predicted molar refractivity (Wildman–Crippen MR) is 106 cm³/mol. The maximum Gasteiger partial charge on any atom is 0.275 e. The smallest absolute Gasteiger partial charge is 0.275 e. The summed E-state index contributed by atoms with van der Waals surface area (Å²) in [5, 5.41) is 6.21. The van der Waals surface area contributed by atoms with E-state index < -0.39 is 0 Å². The number of amides is 1. The highest BCUT2D eigenvalue weighted by Gasteiger charge is 2.11. The van der Waals surface area contributed by atoms with Gasteiger partial charge in [-0.15, -0.1) is 0 Å². The van der Waals surface area contributed by atoms with Crippen LogP contribution in [0.15, 0.2) is 42.2 Å². The fourth-order valence-electron chi connectivity index (χ4n) is 3.21. The van der Waals surface area contributed by atoms with Crippen molar-refractivity contribution in [3.05, 3.63) is 59.1 Å². The van der Waals surface area contributed by atoms with E-state index in [-0.39, 0.29) is 5.91 Å². The highest BCUT2D eigenvalue weighted by atomic mass is 16.1. The number of aromatic nitrogens is 2. The first kappa shape index (κ1) is 18.1. The zero-order chi connectivity index (χ0) is 18.4. The van der Waals surface area contributed by atoms with Crippen LogP contribution in [0, 0.1) is 13.8 Å². The minimum absolute atomic E-state index is 0.242. The Kier molecular flexibility index (Phi) is 6.00. The van der Waals surface area contributed by atoms with Gasteiger partial charge >= 0.3 is 0 Å². The molecule has 0 fully saturated rings. The maximum absolute atomic E-state index is 12.4. The summed E-state index contributed by atoms with van der Waals surface area (Å²) >= 11 is 0. The van der Waals surface area contributed by atoms with Crippen LogP contribution in [0.1, 0.15) is 53.7 Å². The molecule has 0 saturated heterocycles. The number of carbonyl (C=O) groups excluding carboxylic acids is 1. The normalized spacial score (nSPS) is 13.8. The number of allylic oxidation sites excluding steroid dienone is 1. The minimum atomic E-state index is -0.242. The van der Waals surface area contributed by atoms with Gasteiger partial charge in [-0.1, -0.05) is 29.8 Å². The van der Waals surface area contributed by atoms with Crippen LogP contribution in [0.3, 0.4) is 0 Å². The van der Waals surface area contributed by atoms with Gasteiger partial charge in [-0.25, -0.2) is 9.97 Å². The molecule has 1 aromatic heterocycles. The summed E-state index contributed by atoms with van der Waals surface area (Å²) in [5.41, 5.74) is 4.74. The summed E-state index contributed by atoms with van der Waals surface area (Å²) in [5.74, 6) is 0.457. The van der Waals surface area contributed by atoms with Gasteiger partial charge in [0.1, 0.15) is 11.5 Å². The Morgan fingerprint density at radius 1 is 1.12 bits per heavy atom. The van der Waals surface area contributed by atoms with Crippen molar-refractivity contribution in [2.75, 3.05) is 17.2 Å². The van der Waals surface area contributed by atoms with E-state index in [4.69, 9.17) is 0 Å². The van der Waals surface area contributed by atoms with Crippen molar-refractivity contribution in [2.45, 2.75) is 46.0 Å². The van der Waals surface area contributed by atoms with E-state index in [1.54, 1.807) is 6.20 Å². The van der Waals surface area contributed by atoms with Crippen molar-refractivity contribution in [3.8, 4) is 0 Å². The Balaban J connectivity index is 1.55. The zero-order valence-corrected chi connectivity index (χ0v) is 15.5. The second kappa shape index (κ2) is 8.61. The summed E-state index contributed by atoms with van der Waals surface area (Å²) in [7, 11) is 0. The van der Waals surface area contributed by atoms with E-state index in [9.17, 15) is 4.79 Å². The lowest BCUT2D eigenvalue weighted by molar-refractivity contribution is 0.102. The molecular formula is C21H26N4O. The Morgan fingerprint density at radius 3 is 2.58 bits per heavy atom. The molecule has 26 heavy (non-hydrogen) atoms. The number of rotatable bonds is 6. The Hall–Kier alpha value is -2.69. The SMILES string of the molecule is Cc1cccc(C)c1NC(=O)c1cnc(NCCC2=CCCCC2)cn1. The number of nitrogens with one attached hydrogen (secondary N) is 2. The molecule has 0 atom stereocenters. The van der Waals surface area contributed by atoms with Crippen molar-refractivity contribution in [3.63, 3.8) is 0 Å². The molecule has 5 nitrogen and oxygen atoms in total. The maximum atomic E-state index is 12.4. The molecule has 0 unspecified atom stereocenters. The molecule has 136 valence electrons. The molecule has 1 aromatic carbocycles. The third-order valence-electron chi connectivity index (χ3n) is 4.74. The molecule has 2 N–H and O–H groups in total.